The molecule has 0 spiro atoms. The molecule has 0 saturated carbocycles. The Labute approximate surface area is 177 Å². The van der Waals surface area contributed by atoms with Crippen LogP contribution in [-0.4, -0.2) is 42.9 Å². The number of carbonyl (C=O) groups is 2. The topological polar surface area (TPSA) is 162 Å². The summed E-state index contributed by atoms with van der Waals surface area (Å²) in [6.07, 6.45) is -2.72. The van der Waals surface area contributed by atoms with Gasteiger partial charge in [0.1, 0.15) is 24.1 Å². The van der Waals surface area contributed by atoms with Gasteiger partial charge >= 0.3 is 6.36 Å². The first-order chi connectivity index (χ1) is 15.1. The van der Waals surface area contributed by atoms with Crippen LogP contribution in [0, 0.1) is 11.3 Å². The summed E-state index contributed by atoms with van der Waals surface area (Å²) in [7, 11) is 0. The van der Waals surface area contributed by atoms with Gasteiger partial charge in [-0.2, -0.15) is 15.0 Å². The number of nitrogens with two attached hydrogens (primary N) is 1. The lowest BCUT2D eigenvalue weighted by Crippen LogP contribution is -2.29. The average molecular weight is 446 g/mol. The summed E-state index contributed by atoms with van der Waals surface area (Å²) in [4.78, 5) is 35.7. The van der Waals surface area contributed by atoms with Crippen LogP contribution >= 0.6 is 0 Å². The van der Waals surface area contributed by atoms with Crippen molar-refractivity contribution in [1.29, 1.82) is 5.26 Å². The van der Waals surface area contributed by atoms with Crippen molar-refractivity contribution in [3.8, 4) is 17.6 Å². The molecule has 0 aliphatic rings. The Morgan fingerprint density at radius 2 is 1.94 bits per heavy atom. The zero-order valence-electron chi connectivity index (χ0n) is 16.2. The molecule has 0 unspecified atom stereocenters. The summed E-state index contributed by atoms with van der Waals surface area (Å²) in [5.74, 6) is -1.95. The van der Waals surface area contributed by atoms with Crippen molar-refractivity contribution in [1.82, 2.24) is 30.0 Å². The molecule has 0 aliphatic carbocycles. The number of nitriles is 1. The highest BCUT2D eigenvalue weighted by molar-refractivity contribution is 5.95. The highest BCUT2D eigenvalue weighted by Crippen LogP contribution is 2.25. The van der Waals surface area contributed by atoms with Gasteiger partial charge in [0.25, 0.3) is 11.8 Å². The van der Waals surface area contributed by atoms with E-state index in [-0.39, 0.29) is 28.5 Å². The van der Waals surface area contributed by atoms with Gasteiger partial charge in [-0.3, -0.25) is 9.59 Å². The number of carbonyl (C=O) groups excluding carboxylic acids is 2. The average Bonchev–Trinajstić information content (AvgIpc) is 3.22. The Hall–Kier alpha value is -4.54. The lowest BCUT2D eigenvalue weighted by Gasteiger charge is -2.15. The van der Waals surface area contributed by atoms with Gasteiger partial charge in [-0.15, -0.1) is 13.2 Å². The zero-order chi connectivity index (χ0) is 23.5. The van der Waals surface area contributed by atoms with Gasteiger partial charge in [-0.25, -0.2) is 15.0 Å². The maximum atomic E-state index is 12.6. The Morgan fingerprint density at radius 3 is 2.59 bits per heavy atom. The predicted molar refractivity (Wildman–Crippen MR) is 99.2 cm³/mol. The minimum atomic E-state index is -4.99. The molecule has 11 nitrogen and oxygen atoms in total. The SMILES string of the molecule is C[C@H](NC(=O)c1cc(C#N)cc(OC(F)(F)F)c1)c1ncnn1-c1cc(C(N)=O)ncn1. The first-order valence-electron chi connectivity index (χ1n) is 8.71. The summed E-state index contributed by atoms with van der Waals surface area (Å²) >= 11 is 0. The summed E-state index contributed by atoms with van der Waals surface area (Å²) in [5.41, 5.74) is 4.69. The van der Waals surface area contributed by atoms with Crippen LogP contribution in [0.5, 0.6) is 5.75 Å². The van der Waals surface area contributed by atoms with Crippen LogP contribution in [0.1, 0.15) is 45.2 Å². The minimum Gasteiger partial charge on any atom is -0.406 e. The van der Waals surface area contributed by atoms with Crippen LogP contribution in [0.3, 0.4) is 0 Å². The zero-order valence-corrected chi connectivity index (χ0v) is 16.2. The number of hydrogen-bond acceptors (Lipinski definition) is 8. The molecule has 164 valence electrons. The van der Waals surface area contributed by atoms with Crippen molar-refractivity contribution < 1.29 is 27.5 Å². The van der Waals surface area contributed by atoms with E-state index in [1.807, 2.05) is 0 Å². The minimum absolute atomic E-state index is 0.0707. The number of amides is 2. The maximum absolute atomic E-state index is 12.6. The second-order valence-electron chi connectivity index (χ2n) is 6.26. The Morgan fingerprint density at radius 1 is 1.19 bits per heavy atom. The molecule has 0 bridgehead atoms. The van der Waals surface area contributed by atoms with Crippen molar-refractivity contribution in [2.45, 2.75) is 19.3 Å². The molecule has 32 heavy (non-hydrogen) atoms. The first kappa shape index (κ1) is 22.2. The molecule has 0 fully saturated rings. The van der Waals surface area contributed by atoms with Crippen LogP contribution in [0.15, 0.2) is 36.9 Å². The summed E-state index contributed by atoms with van der Waals surface area (Å²) < 4.78 is 42.6. The number of nitrogens with one attached hydrogen (secondary N) is 1. The number of hydrogen-bond donors (Lipinski definition) is 2. The summed E-state index contributed by atoms with van der Waals surface area (Å²) in [5, 5.41) is 15.6. The third-order valence-electron chi connectivity index (χ3n) is 3.96. The molecule has 3 rings (SSSR count). The van der Waals surface area contributed by atoms with Gasteiger partial charge in [-0.05, 0) is 25.1 Å². The summed E-state index contributed by atoms with van der Waals surface area (Å²) in [6, 6.07) is 4.95. The number of aromatic nitrogens is 5. The second kappa shape index (κ2) is 8.68. The van der Waals surface area contributed by atoms with Crippen molar-refractivity contribution in [3.63, 3.8) is 0 Å². The van der Waals surface area contributed by atoms with Gasteiger partial charge < -0.3 is 15.8 Å². The second-order valence-corrected chi connectivity index (χ2v) is 6.26. The number of nitrogens with zero attached hydrogens (tertiary/aromatic N) is 6. The van der Waals surface area contributed by atoms with E-state index in [1.54, 1.807) is 6.07 Å². The fourth-order valence-electron chi connectivity index (χ4n) is 2.65. The number of benzene rings is 1. The molecule has 3 aromatic rings. The van der Waals surface area contributed by atoms with Crippen molar-refractivity contribution in [2.24, 2.45) is 5.73 Å². The Bertz CT molecular complexity index is 1220. The Balaban J connectivity index is 1.86. The number of ether oxygens (including phenoxy) is 1. The number of alkyl halides is 3. The van der Waals surface area contributed by atoms with E-state index in [4.69, 9.17) is 11.0 Å². The third kappa shape index (κ3) is 5.14. The quantitative estimate of drug-likeness (QED) is 0.574. The number of halogens is 3. The van der Waals surface area contributed by atoms with Gasteiger partial charge in [0, 0.05) is 11.6 Å². The smallest absolute Gasteiger partial charge is 0.406 e. The van der Waals surface area contributed by atoms with Crippen molar-refractivity contribution in [3.05, 3.63) is 59.6 Å². The van der Waals surface area contributed by atoms with Gasteiger partial charge in [0.05, 0.1) is 17.7 Å². The lowest BCUT2D eigenvalue weighted by molar-refractivity contribution is -0.274. The van der Waals surface area contributed by atoms with E-state index < -0.39 is 30.0 Å². The predicted octanol–water partition coefficient (Wildman–Crippen LogP) is 1.42. The van der Waals surface area contributed by atoms with Crippen LogP contribution in [0.25, 0.3) is 5.82 Å². The van der Waals surface area contributed by atoms with Gasteiger partial charge in [0.15, 0.2) is 11.6 Å². The highest BCUT2D eigenvalue weighted by atomic mass is 19.4. The van der Waals surface area contributed by atoms with E-state index in [0.29, 0.717) is 0 Å². The molecular formula is C18H13F3N8O3. The van der Waals surface area contributed by atoms with E-state index in [0.717, 1.165) is 24.5 Å². The normalized spacial score (nSPS) is 12.0. The van der Waals surface area contributed by atoms with E-state index in [1.165, 1.54) is 24.0 Å². The fourth-order valence-corrected chi connectivity index (χ4v) is 2.65. The van der Waals surface area contributed by atoms with Crippen LogP contribution in [-0.2, 0) is 0 Å². The molecule has 0 radical (unpaired) electrons. The maximum Gasteiger partial charge on any atom is 0.573 e. The molecule has 1 atom stereocenters. The van der Waals surface area contributed by atoms with E-state index in [9.17, 15) is 22.8 Å². The van der Waals surface area contributed by atoms with E-state index >= 15 is 0 Å². The van der Waals surface area contributed by atoms with Crippen LogP contribution < -0.4 is 15.8 Å². The molecule has 0 aliphatic heterocycles. The molecule has 0 saturated heterocycles. The summed E-state index contributed by atoms with van der Waals surface area (Å²) in [6.45, 7) is 1.54. The lowest BCUT2D eigenvalue weighted by atomic mass is 10.1. The first-order valence-corrected chi connectivity index (χ1v) is 8.71. The molecule has 2 aromatic heterocycles. The molecule has 1 aromatic carbocycles. The van der Waals surface area contributed by atoms with Crippen molar-refractivity contribution >= 4 is 11.8 Å². The van der Waals surface area contributed by atoms with Crippen LogP contribution in [0.4, 0.5) is 13.2 Å². The van der Waals surface area contributed by atoms with Crippen molar-refractivity contribution in [2.75, 3.05) is 0 Å². The largest absolute Gasteiger partial charge is 0.573 e. The molecule has 2 heterocycles. The third-order valence-corrected chi connectivity index (χ3v) is 3.96. The number of primary amides is 1. The molecule has 3 N–H and O–H groups in total. The van der Waals surface area contributed by atoms with Gasteiger partial charge in [-0.1, -0.05) is 0 Å². The van der Waals surface area contributed by atoms with Crippen LogP contribution in [0.2, 0.25) is 0 Å². The molecular weight excluding hydrogens is 433 g/mol. The molecule has 14 heteroatoms. The number of rotatable bonds is 6. The van der Waals surface area contributed by atoms with Gasteiger partial charge in [0.2, 0.25) is 0 Å². The Kier molecular flexibility index (Phi) is 6.01. The van der Waals surface area contributed by atoms with E-state index in [2.05, 4.69) is 30.1 Å². The molecule has 2 amide bonds. The fraction of sp³-hybridized carbons (Fsp3) is 0.167. The standard InChI is InChI=1S/C18H13F3N8O3/c1-9(16-26-8-27-29(16)14-5-13(15(23)30)24-7-25-14)28-17(31)11-2-10(6-22)3-12(4-11)32-18(19,20)21/h2-5,7-9H,1H3,(H2,23,30)(H,28,31)/t9-/m0/s1. The highest BCUT2D eigenvalue weighted by Gasteiger charge is 2.31. The monoisotopic (exact) mass is 446 g/mol.